The maximum absolute atomic E-state index is 6.31. The number of halogens is 1. The van der Waals surface area contributed by atoms with Crippen LogP contribution in [0, 0.1) is 6.92 Å². The van der Waals surface area contributed by atoms with Crippen molar-refractivity contribution in [3.05, 3.63) is 35.5 Å². The molecule has 31 heavy (non-hydrogen) atoms. The summed E-state index contributed by atoms with van der Waals surface area (Å²) in [5, 5.41) is 10.5. The number of aryl methyl sites for hydroxylation is 2. The standard InChI is InChI=1S/C22H33N5O3.HI/c1-4-23-22(24-14-8-13-20-26-16(2)27-30-20)25-15-17-9-7-12-19(28-3)21(17)29-18-10-5-6-11-18;/h7,9,12,18H,4-6,8,10-11,13-15H2,1-3H3,(H2,23,24,25);1H. The van der Waals surface area contributed by atoms with Crippen molar-refractivity contribution in [3.8, 4) is 11.5 Å². The summed E-state index contributed by atoms with van der Waals surface area (Å²) in [6.45, 7) is 5.94. The first-order valence-corrected chi connectivity index (χ1v) is 10.8. The Morgan fingerprint density at radius 3 is 2.74 bits per heavy atom. The van der Waals surface area contributed by atoms with Crippen molar-refractivity contribution in [2.75, 3.05) is 20.2 Å². The first kappa shape index (κ1) is 25.2. The minimum absolute atomic E-state index is 0. The summed E-state index contributed by atoms with van der Waals surface area (Å²) in [6, 6.07) is 5.98. The topological polar surface area (TPSA) is 93.8 Å². The fourth-order valence-corrected chi connectivity index (χ4v) is 3.55. The third-order valence-electron chi connectivity index (χ3n) is 5.05. The number of hydrogen-bond acceptors (Lipinski definition) is 6. The van der Waals surface area contributed by atoms with Crippen LogP contribution in [0.3, 0.4) is 0 Å². The number of hydrogen-bond donors (Lipinski definition) is 2. The first-order valence-electron chi connectivity index (χ1n) is 10.8. The van der Waals surface area contributed by atoms with Crippen LogP contribution in [0.1, 0.15) is 56.3 Å². The normalized spacial score (nSPS) is 14.2. The van der Waals surface area contributed by atoms with Crippen molar-refractivity contribution >= 4 is 29.9 Å². The minimum Gasteiger partial charge on any atom is -0.493 e. The van der Waals surface area contributed by atoms with E-state index in [0.29, 0.717) is 18.3 Å². The maximum Gasteiger partial charge on any atom is 0.226 e. The van der Waals surface area contributed by atoms with E-state index in [2.05, 4.69) is 33.8 Å². The van der Waals surface area contributed by atoms with E-state index >= 15 is 0 Å². The van der Waals surface area contributed by atoms with E-state index in [-0.39, 0.29) is 30.1 Å². The Balaban J connectivity index is 0.00000341. The van der Waals surface area contributed by atoms with Crippen molar-refractivity contribution in [3.63, 3.8) is 0 Å². The van der Waals surface area contributed by atoms with E-state index in [9.17, 15) is 0 Å². The van der Waals surface area contributed by atoms with Crippen molar-refractivity contribution in [2.45, 2.75) is 65.0 Å². The molecule has 1 saturated carbocycles. The van der Waals surface area contributed by atoms with Gasteiger partial charge in [0.1, 0.15) is 0 Å². The predicted octanol–water partition coefficient (Wildman–Crippen LogP) is 4.01. The zero-order valence-corrected chi connectivity index (χ0v) is 21.0. The van der Waals surface area contributed by atoms with E-state index in [0.717, 1.165) is 61.8 Å². The number of nitrogens with zero attached hydrogens (tertiary/aromatic N) is 3. The Morgan fingerprint density at radius 1 is 1.26 bits per heavy atom. The average molecular weight is 543 g/mol. The van der Waals surface area contributed by atoms with E-state index in [1.54, 1.807) is 7.11 Å². The van der Waals surface area contributed by atoms with E-state index in [1.165, 1.54) is 12.8 Å². The fourth-order valence-electron chi connectivity index (χ4n) is 3.55. The molecule has 2 N–H and O–H groups in total. The molecule has 0 saturated heterocycles. The zero-order chi connectivity index (χ0) is 21.2. The van der Waals surface area contributed by atoms with Gasteiger partial charge >= 0.3 is 0 Å². The Hall–Kier alpha value is -2.04. The Kier molecular flexibility index (Phi) is 10.9. The van der Waals surface area contributed by atoms with E-state index in [1.807, 2.05) is 19.1 Å². The highest BCUT2D eigenvalue weighted by Gasteiger charge is 2.20. The summed E-state index contributed by atoms with van der Waals surface area (Å²) < 4.78 is 17.0. The predicted molar refractivity (Wildman–Crippen MR) is 131 cm³/mol. The minimum atomic E-state index is 0. The summed E-state index contributed by atoms with van der Waals surface area (Å²) in [6.07, 6.45) is 6.54. The molecule has 0 aliphatic heterocycles. The van der Waals surface area contributed by atoms with Crippen LogP contribution in [0.25, 0.3) is 0 Å². The Bertz CT molecular complexity index is 821. The number of para-hydroxylation sites is 1. The SMILES string of the molecule is CCNC(=NCc1cccc(OC)c1OC1CCCC1)NCCCc1nc(C)no1.I. The van der Waals surface area contributed by atoms with Crippen molar-refractivity contribution in [1.29, 1.82) is 0 Å². The quantitative estimate of drug-likeness (QED) is 0.203. The second kappa shape index (κ2) is 13.4. The van der Waals surface area contributed by atoms with Gasteiger partial charge in [-0.05, 0) is 52.0 Å². The molecule has 1 aromatic heterocycles. The summed E-state index contributed by atoms with van der Waals surface area (Å²) in [5.41, 5.74) is 1.03. The number of benzene rings is 1. The van der Waals surface area contributed by atoms with Crippen LogP contribution < -0.4 is 20.1 Å². The van der Waals surface area contributed by atoms with Gasteiger partial charge in [0.2, 0.25) is 5.89 Å². The number of aromatic nitrogens is 2. The molecule has 0 amide bonds. The molecule has 1 fully saturated rings. The van der Waals surface area contributed by atoms with Gasteiger partial charge in [0, 0.05) is 25.1 Å². The van der Waals surface area contributed by atoms with Crippen LogP contribution in [0.15, 0.2) is 27.7 Å². The second-order valence-corrected chi connectivity index (χ2v) is 7.43. The van der Waals surface area contributed by atoms with Gasteiger partial charge < -0.3 is 24.6 Å². The number of nitrogens with one attached hydrogen (secondary N) is 2. The molecule has 2 aromatic rings. The lowest BCUT2D eigenvalue weighted by atomic mass is 10.1. The number of ether oxygens (including phenoxy) is 2. The van der Waals surface area contributed by atoms with Crippen molar-refractivity contribution < 1.29 is 14.0 Å². The third-order valence-corrected chi connectivity index (χ3v) is 5.05. The molecule has 3 rings (SSSR count). The molecule has 172 valence electrons. The van der Waals surface area contributed by atoms with Crippen LogP contribution in [0.4, 0.5) is 0 Å². The van der Waals surface area contributed by atoms with Crippen LogP contribution in [-0.4, -0.2) is 42.4 Å². The van der Waals surface area contributed by atoms with Gasteiger partial charge in [-0.25, -0.2) is 4.99 Å². The van der Waals surface area contributed by atoms with Gasteiger partial charge in [-0.3, -0.25) is 0 Å². The van der Waals surface area contributed by atoms with Crippen LogP contribution in [-0.2, 0) is 13.0 Å². The zero-order valence-electron chi connectivity index (χ0n) is 18.6. The first-order chi connectivity index (χ1) is 14.7. The molecule has 0 atom stereocenters. The molecule has 0 spiro atoms. The summed E-state index contributed by atoms with van der Waals surface area (Å²) >= 11 is 0. The molecule has 0 bridgehead atoms. The summed E-state index contributed by atoms with van der Waals surface area (Å²) in [7, 11) is 1.68. The van der Waals surface area contributed by atoms with Gasteiger partial charge in [0.25, 0.3) is 0 Å². The number of methoxy groups -OCH3 is 1. The molecular formula is C22H34IN5O3. The Morgan fingerprint density at radius 2 is 2.06 bits per heavy atom. The van der Waals surface area contributed by atoms with Gasteiger partial charge in [-0.1, -0.05) is 17.3 Å². The van der Waals surface area contributed by atoms with E-state index < -0.39 is 0 Å². The maximum atomic E-state index is 6.31. The lowest BCUT2D eigenvalue weighted by Crippen LogP contribution is -2.37. The molecule has 9 heteroatoms. The average Bonchev–Trinajstić information content (AvgIpc) is 3.41. The smallest absolute Gasteiger partial charge is 0.226 e. The number of guanidine groups is 1. The van der Waals surface area contributed by atoms with Crippen molar-refractivity contribution in [2.24, 2.45) is 4.99 Å². The highest BCUT2D eigenvalue weighted by molar-refractivity contribution is 14.0. The highest BCUT2D eigenvalue weighted by atomic mass is 127. The molecule has 1 aliphatic rings. The summed E-state index contributed by atoms with van der Waals surface area (Å²) in [4.78, 5) is 8.98. The van der Waals surface area contributed by atoms with Crippen LogP contribution >= 0.6 is 24.0 Å². The molecule has 1 heterocycles. The van der Waals surface area contributed by atoms with E-state index in [4.69, 9.17) is 19.0 Å². The third kappa shape index (κ3) is 7.86. The molecule has 1 aromatic carbocycles. The number of aliphatic imine (C=N–C) groups is 1. The van der Waals surface area contributed by atoms with Crippen molar-refractivity contribution in [1.82, 2.24) is 20.8 Å². The molecular weight excluding hydrogens is 509 g/mol. The van der Waals surface area contributed by atoms with Crippen LogP contribution in [0.5, 0.6) is 11.5 Å². The molecule has 1 aliphatic carbocycles. The molecule has 0 unspecified atom stereocenters. The summed E-state index contributed by atoms with van der Waals surface area (Å²) in [5.74, 6) is 3.69. The second-order valence-electron chi connectivity index (χ2n) is 7.43. The van der Waals surface area contributed by atoms with Gasteiger partial charge in [-0.2, -0.15) is 4.98 Å². The van der Waals surface area contributed by atoms with Gasteiger partial charge in [-0.15, -0.1) is 24.0 Å². The monoisotopic (exact) mass is 543 g/mol. The molecule has 8 nitrogen and oxygen atoms in total. The molecule has 0 radical (unpaired) electrons. The van der Waals surface area contributed by atoms with Crippen LogP contribution in [0.2, 0.25) is 0 Å². The largest absolute Gasteiger partial charge is 0.493 e. The lowest BCUT2D eigenvalue weighted by Gasteiger charge is -2.19. The Labute approximate surface area is 201 Å². The lowest BCUT2D eigenvalue weighted by molar-refractivity contribution is 0.198. The number of rotatable bonds is 10. The highest BCUT2D eigenvalue weighted by Crippen LogP contribution is 2.35. The fraction of sp³-hybridized carbons (Fsp3) is 0.591. The van der Waals surface area contributed by atoms with Gasteiger partial charge in [0.05, 0.1) is 19.8 Å². The van der Waals surface area contributed by atoms with Gasteiger partial charge in [0.15, 0.2) is 23.3 Å².